The van der Waals surface area contributed by atoms with Crippen molar-refractivity contribution >= 4 is 16.7 Å². The van der Waals surface area contributed by atoms with E-state index in [-0.39, 0.29) is 6.42 Å². The summed E-state index contributed by atoms with van der Waals surface area (Å²) in [5.74, 6) is -0.647. The van der Waals surface area contributed by atoms with Gasteiger partial charge in [-0.2, -0.15) is 5.26 Å². The molecular weight excluding hydrogens is 192 g/mol. The van der Waals surface area contributed by atoms with Gasteiger partial charge < -0.3 is 4.89 Å². The largest absolute Gasteiger partial charge is 0.346 e. The predicted molar refractivity (Wildman–Crippen MR) is 56.4 cm³/mol. The first-order chi connectivity index (χ1) is 7.31. The van der Waals surface area contributed by atoms with E-state index in [1.807, 2.05) is 42.5 Å². The standard InChI is InChI=1S/C12H10O3/c13-12(15-14)8-10-6-3-5-9-4-1-2-7-11(9)10/h1-7,14H,8H2. The molecule has 0 saturated carbocycles. The molecule has 1 N–H and O–H groups in total. The van der Waals surface area contributed by atoms with Crippen molar-refractivity contribution in [2.45, 2.75) is 6.42 Å². The molecule has 0 spiro atoms. The van der Waals surface area contributed by atoms with Crippen LogP contribution in [0.2, 0.25) is 0 Å². The lowest BCUT2D eigenvalue weighted by Gasteiger charge is -2.03. The molecular formula is C12H10O3. The Bertz CT molecular complexity index is 486. The molecule has 0 aliphatic heterocycles. The number of fused-ring (bicyclic) bond motifs is 1. The van der Waals surface area contributed by atoms with Crippen LogP contribution in [0.1, 0.15) is 5.56 Å². The maximum Gasteiger partial charge on any atom is 0.346 e. The van der Waals surface area contributed by atoms with Crippen LogP contribution in [-0.2, 0) is 16.1 Å². The van der Waals surface area contributed by atoms with Crippen molar-refractivity contribution in [3.05, 3.63) is 48.0 Å². The SMILES string of the molecule is O=C(Cc1cccc2ccccc12)OO. The first-order valence-electron chi connectivity index (χ1n) is 4.62. The smallest absolute Gasteiger partial charge is 0.301 e. The Morgan fingerprint density at radius 3 is 2.67 bits per heavy atom. The topological polar surface area (TPSA) is 46.5 Å². The van der Waals surface area contributed by atoms with Crippen LogP contribution in [-0.4, -0.2) is 11.2 Å². The Labute approximate surface area is 86.8 Å². The van der Waals surface area contributed by atoms with E-state index in [9.17, 15) is 4.79 Å². The van der Waals surface area contributed by atoms with E-state index in [1.54, 1.807) is 0 Å². The molecule has 0 heterocycles. The molecule has 2 aromatic carbocycles. The van der Waals surface area contributed by atoms with Crippen molar-refractivity contribution in [1.82, 2.24) is 0 Å². The Hall–Kier alpha value is -1.87. The highest BCUT2D eigenvalue weighted by Gasteiger charge is 2.06. The van der Waals surface area contributed by atoms with Gasteiger partial charge in [-0.05, 0) is 16.3 Å². The monoisotopic (exact) mass is 202 g/mol. The fourth-order valence-electron chi connectivity index (χ4n) is 1.63. The van der Waals surface area contributed by atoms with Crippen molar-refractivity contribution in [2.24, 2.45) is 0 Å². The van der Waals surface area contributed by atoms with Gasteiger partial charge >= 0.3 is 5.97 Å². The zero-order valence-corrected chi connectivity index (χ0v) is 8.01. The van der Waals surface area contributed by atoms with E-state index >= 15 is 0 Å². The van der Waals surface area contributed by atoms with Crippen LogP contribution in [0.4, 0.5) is 0 Å². The Balaban J connectivity index is 2.46. The van der Waals surface area contributed by atoms with Gasteiger partial charge in [-0.1, -0.05) is 42.5 Å². The second-order valence-electron chi connectivity index (χ2n) is 3.28. The highest BCUT2D eigenvalue weighted by Crippen LogP contribution is 2.18. The van der Waals surface area contributed by atoms with Gasteiger partial charge in [0.1, 0.15) is 0 Å². The molecule has 0 saturated heterocycles. The normalized spacial score (nSPS) is 10.2. The van der Waals surface area contributed by atoms with Gasteiger partial charge in [0.2, 0.25) is 0 Å². The average molecular weight is 202 g/mol. The molecule has 76 valence electrons. The fraction of sp³-hybridized carbons (Fsp3) is 0.0833. The van der Waals surface area contributed by atoms with Gasteiger partial charge in [-0.15, -0.1) is 0 Å². The third-order valence-corrected chi connectivity index (χ3v) is 2.32. The average Bonchev–Trinajstić information content (AvgIpc) is 2.29. The Morgan fingerprint density at radius 2 is 1.87 bits per heavy atom. The highest BCUT2D eigenvalue weighted by molar-refractivity contribution is 5.88. The Morgan fingerprint density at radius 1 is 1.13 bits per heavy atom. The maximum atomic E-state index is 11.0. The summed E-state index contributed by atoms with van der Waals surface area (Å²) in [6.07, 6.45) is 0.0812. The van der Waals surface area contributed by atoms with E-state index < -0.39 is 5.97 Å². The zero-order chi connectivity index (χ0) is 10.7. The van der Waals surface area contributed by atoms with Crippen molar-refractivity contribution in [3.63, 3.8) is 0 Å². The van der Waals surface area contributed by atoms with Crippen LogP contribution in [0.3, 0.4) is 0 Å². The molecule has 0 aliphatic carbocycles. The highest BCUT2D eigenvalue weighted by atomic mass is 17.1. The van der Waals surface area contributed by atoms with Crippen LogP contribution in [0.15, 0.2) is 42.5 Å². The number of hydrogen-bond donors (Lipinski definition) is 1. The maximum absolute atomic E-state index is 11.0. The van der Waals surface area contributed by atoms with Gasteiger partial charge in [0.05, 0.1) is 6.42 Å². The van der Waals surface area contributed by atoms with Crippen molar-refractivity contribution in [1.29, 1.82) is 0 Å². The third-order valence-electron chi connectivity index (χ3n) is 2.32. The summed E-state index contributed by atoms with van der Waals surface area (Å²) in [6, 6.07) is 13.5. The van der Waals surface area contributed by atoms with Crippen LogP contribution >= 0.6 is 0 Å². The number of hydrogen-bond acceptors (Lipinski definition) is 3. The van der Waals surface area contributed by atoms with Crippen LogP contribution < -0.4 is 0 Å². The molecule has 0 unspecified atom stereocenters. The summed E-state index contributed by atoms with van der Waals surface area (Å²) in [6.45, 7) is 0. The lowest BCUT2D eigenvalue weighted by Crippen LogP contribution is -2.05. The summed E-state index contributed by atoms with van der Waals surface area (Å²) in [7, 11) is 0. The van der Waals surface area contributed by atoms with Crippen LogP contribution in [0, 0.1) is 0 Å². The van der Waals surface area contributed by atoms with Crippen LogP contribution in [0.5, 0.6) is 0 Å². The van der Waals surface area contributed by atoms with E-state index in [1.165, 1.54) is 0 Å². The number of carbonyl (C=O) groups is 1. The Kier molecular flexibility index (Phi) is 2.65. The molecule has 2 rings (SSSR count). The second-order valence-corrected chi connectivity index (χ2v) is 3.28. The molecule has 0 aliphatic rings. The summed E-state index contributed by atoms with van der Waals surface area (Å²) >= 11 is 0. The lowest BCUT2D eigenvalue weighted by molar-refractivity contribution is -0.233. The number of benzene rings is 2. The number of rotatable bonds is 2. The molecule has 2 aromatic rings. The van der Waals surface area contributed by atoms with Gasteiger partial charge in [0.15, 0.2) is 0 Å². The zero-order valence-electron chi connectivity index (χ0n) is 8.01. The van der Waals surface area contributed by atoms with Crippen molar-refractivity contribution in [3.8, 4) is 0 Å². The molecule has 3 heteroatoms. The molecule has 0 amide bonds. The molecule has 0 fully saturated rings. The molecule has 0 aromatic heterocycles. The lowest BCUT2D eigenvalue weighted by atomic mass is 10.0. The second kappa shape index (κ2) is 4.11. The van der Waals surface area contributed by atoms with E-state index in [0.717, 1.165) is 16.3 Å². The first-order valence-corrected chi connectivity index (χ1v) is 4.62. The third kappa shape index (κ3) is 1.97. The van der Waals surface area contributed by atoms with Gasteiger partial charge in [-0.25, -0.2) is 4.79 Å². The summed E-state index contributed by atoms with van der Waals surface area (Å²) in [5, 5.41) is 10.3. The minimum Gasteiger partial charge on any atom is -0.301 e. The minimum absolute atomic E-state index is 0.0812. The van der Waals surface area contributed by atoms with Gasteiger partial charge in [0.25, 0.3) is 0 Å². The molecule has 15 heavy (non-hydrogen) atoms. The summed E-state index contributed by atoms with van der Waals surface area (Å²) in [4.78, 5) is 14.6. The minimum atomic E-state index is -0.647. The van der Waals surface area contributed by atoms with Crippen LogP contribution in [0.25, 0.3) is 10.8 Å². The first kappa shape index (κ1) is 9.68. The molecule has 0 atom stereocenters. The number of carbonyl (C=O) groups excluding carboxylic acids is 1. The fourth-order valence-corrected chi connectivity index (χ4v) is 1.63. The molecule has 3 nitrogen and oxygen atoms in total. The summed E-state index contributed by atoms with van der Waals surface area (Å²) < 4.78 is 0. The van der Waals surface area contributed by atoms with Gasteiger partial charge in [0, 0.05) is 0 Å². The van der Waals surface area contributed by atoms with Crippen molar-refractivity contribution in [2.75, 3.05) is 0 Å². The van der Waals surface area contributed by atoms with Crippen molar-refractivity contribution < 1.29 is 14.9 Å². The van der Waals surface area contributed by atoms with E-state index in [0.29, 0.717) is 0 Å². The van der Waals surface area contributed by atoms with E-state index in [4.69, 9.17) is 5.26 Å². The molecule has 0 radical (unpaired) electrons. The molecule has 0 bridgehead atoms. The van der Waals surface area contributed by atoms with E-state index in [2.05, 4.69) is 4.89 Å². The summed E-state index contributed by atoms with van der Waals surface area (Å²) in [5.41, 5.74) is 0.854. The van der Waals surface area contributed by atoms with Gasteiger partial charge in [-0.3, -0.25) is 0 Å². The quantitative estimate of drug-likeness (QED) is 0.600. The predicted octanol–water partition coefficient (Wildman–Crippen LogP) is 2.40.